The zero-order chi connectivity index (χ0) is 19.9. The normalized spacial score (nSPS) is 10.5. The van der Waals surface area contributed by atoms with Gasteiger partial charge >= 0.3 is 0 Å². The highest BCUT2D eigenvalue weighted by atomic mass is 16.5. The zero-order valence-electron chi connectivity index (χ0n) is 15.3. The third-order valence-corrected chi connectivity index (χ3v) is 3.84. The second-order valence-electron chi connectivity index (χ2n) is 5.63. The Kier molecular flexibility index (Phi) is 5.67. The van der Waals surface area contributed by atoms with Crippen molar-refractivity contribution in [1.29, 1.82) is 5.26 Å². The fourth-order valence-corrected chi connectivity index (χ4v) is 2.51. The predicted molar refractivity (Wildman–Crippen MR) is 106 cm³/mol. The summed E-state index contributed by atoms with van der Waals surface area (Å²) in [7, 11) is 3.12. The highest BCUT2D eigenvalue weighted by Crippen LogP contribution is 2.22. The Balaban J connectivity index is 1.90. The zero-order valence-corrected chi connectivity index (χ0v) is 15.3. The molecule has 2 N–H and O–H groups in total. The van der Waals surface area contributed by atoms with Crippen molar-refractivity contribution in [2.45, 2.75) is 0 Å². The summed E-state index contributed by atoms with van der Waals surface area (Å²) in [5, 5.41) is 13.4. The fraction of sp³-hybridized carbons (Fsp3) is 0.100. The first-order valence-corrected chi connectivity index (χ1v) is 8.26. The molecule has 0 unspecified atom stereocenters. The van der Waals surface area contributed by atoms with E-state index in [0.29, 0.717) is 17.1 Å². The molecule has 2 aromatic carbocycles. The third-order valence-electron chi connectivity index (χ3n) is 3.84. The first kappa shape index (κ1) is 18.7. The predicted octanol–water partition coefficient (Wildman–Crippen LogP) is 2.77. The quantitative estimate of drug-likeness (QED) is 0.506. The number of ether oxygens (including phenoxy) is 2. The number of H-pyrrole nitrogens is 1. The van der Waals surface area contributed by atoms with Crippen LogP contribution in [0.5, 0.6) is 11.5 Å². The maximum atomic E-state index is 12.2. The van der Waals surface area contributed by atoms with E-state index in [-0.39, 0.29) is 17.2 Å². The number of rotatable bonds is 6. The lowest BCUT2D eigenvalue weighted by Crippen LogP contribution is -2.16. The number of anilines is 1. The molecule has 3 rings (SSSR count). The summed E-state index contributed by atoms with van der Waals surface area (Å²) in [4.78, 5) is 19.0. The first-order chi connectivity index (χ1) is 13.6. The van der Waals surface area contributed by atoms with Gasteiger partial charge in [-0.25, -0.2) is 10.4 Å². The van der Waals surface area contributed by atoms with Crippen LogP contribution in [0.15, 0.2) is 58.4 Å². The molecule has 1 aromatic heterocycles. The van der Waals surface area contributed by atoms with Crippen molar-refractivity contribution in [2.75, 3.05) is 19.6 Å². The average molecular weight is 375 g/mol. The smallest absolute Gasteiger partial charge is 0.270 e. The minimum atomic E-state index is -0.544. The first-order valence-electron chi connectivity index (χ1n) is 8.26. The van der Waals surface area contributed by atoms with Gasteiger partial charge in [-0.3, -0.25) is 9.78 Å². The van der Waals surface area contributed by atoms with Crippen molar-refractivity contribution >= 4 is 12.2 Å². The lowest BCUT2D eigenvalue weighted by Gasteiger charge is -2.07. The molecule has 140 valence electrons. The summed E-state index contributed by atoms with van der Waals surface area (Å²) < 4.78 is 10.4. The molecule has 0 amide bonds. The van der Waals surface area contributed by atoms with Crippen LogP contribution < -0.4 is 20.5 Å². The van der Waals surface area contributed by atoms with E-state index in [1.807, 2.05) is 12.1 Å². The maximum Gasteiger partial charge on any atom is 0.270 e. The Morgan fingerprint density at radius 3 is 2.43 bits per heavy atom. The van der Waals surface area contributed by atoms with Gasteiger partial charge in [-0.2, -0.15) is 10.4 Å². The van der Waals surface area contributed by atoms with Gasteiger partial charge < -0.3 is 9.47 Å². The molecule has 0 spiro atoms. The summed E-state index contributed by atoms with van der Waals surface area (Å²) >= 11 is 0. The maximum absolute atomic E-state index is 12.2. The minimum absolute atomic E-state index is 0.0572. The molecule has 0 atom stereocenters. The van der Waals surface area contributed by atoms with Crippen molar-refractivity contribution in [3.63, 3.8) is 0 Å². The molecule has 0 fully saturated rings. The van der Waals surface area contributed by atoms with Gasteiger partial charge in [0.25, 0.3) is 5.56 Å². The van der Waals surface area contributed by atoms with Gasteiger partial charge in [0.2, 0.25) is 5.95 Å². The molecule has 0 aliphatic carbocycles. The van der Waals surface area contributed by atoms with Gasteiger partial charge in [0.1, 0.15) is 23.1 Å². The van der Waals surface area contributed by atoms with Gasteiger partial charge in [-0.15, -0.1) is 0 Å². The second-order valence-corrected chi connectivity index (χ2v) is 5.63. The highest BCUT2D eigenvalue weighted by molar-refractivity contribution is 5.81. The Bertz CT molecular complexity index is 1080. The molecule has 0 aliphatic rings. The van der Waals surface area contributed by atoms with Crippen LogP contribution in [0.1, 0.15) is 11.1 Å². The van der Waals surface area contributed by atoms with E-state index in [1.54, 1.807) is 56.7 Å². The van der Waals surface area contributed by atoms with Gasteiger partial charge in [0.05, 0.1) is 26.1 Å². The number of aromatic amines is 1. The SMILES string of the molecule is COc1cc(C=NNc2nc(-c3ccccc3)c(C#N)c(=O)[nH]2)cc(OC)c1. The number of nitrogens with zero attached hydrogens (tertiary/aromatic N) is 3. The van der Waals surface area contributed by atoms with E-state index >= 15 is 0 Å². The van der Waals surface area contributed by atoms with Crippen molar-refractivity contribution in [1.82, 2.24) is 9.97 Å². The van der Waals surface area contributed by atoms with Crippen molar-refractivity contribution in [3.8, 4) is 28.8 Å². The molecule has 28 heavy (non-hydrogen) atoms. The van der Waals surface area contributed by atoms with E-state index in [4.69, 9.17) is 9.47 Å². The van der Waals surface area contributed by atoms with Crippen molar-refractivity contribution < 1.29 is 9.47 Å². The topological polar surface area (TPSA) is 112 Å². The van der Waals surface area contributed by atoms with Crippen LogP contribution in [0.25, 0.3) is 11.3 Å². The van der Waals surface area contributed by atoms with Gasteiger partial charge in [-0.05, 0) is 12.1 Å². The number of hydrogen-bond donors (Lipinski definition) is 2. The van der Waals surface area contributed by atoms with Crippen LogP contribution in [-0.4, -0.2) is 30.4 Å². The Labute approximate surface area is 161 Å². The number of nitrogens with one attached hydrogen (secondary N) is 2. The number of hydrazone groups is 1. The largest absolute Gasteiger partial charge is 0.497 e. The molecule has 0 radical (unpaired) electrons. The van der Waals surface area contributed by atoms with Gasteiger partial charge in [-0.1, -0.05) is 30.3 Å². The molecular weight excluding hydrogens is 358 g/mol. The Morgan fingerprint density at radius 1 is 1.14 bits per heavy atom. The van der Waals surface area contributed by atoms with Crippen molar-refractivity contribution in [2.24, 2.45) is 5.10 Å². The lowest BCUT2D eigenvalue weighted by atomic mass is 10.1. The number of hydrogen-bond acceptors (Lipinski definition) is 7. The van der Waals surface area contributed by atoms with Crippen LogP contribution in [-0.2, 0) is 0 Å². The number of aromatic nitrogens is 2. The summed E-state index contributed by atoms with van der Waals surface area (Å²) in [5.41, 5.74) is 3.75. The van der Waals surface area contributed by atoms with Gasteiger partial charge in [0.15, 0.2) is 0 Å². The Morgan fingerprint density at radius 2 is 1.82 bits per heavy atom. The average Bonchev–Trinajstić information content (AvgIpc) is 2.73. The summed E-state index contributed by atoms with van der Waals surface area (Å²) in [6.07, 6.45) is 1.53. The van der Waals surface area contributed by atoms with Crippen molar-refractivity contribution in [3.05, 3.63) is 70.0 Å². The van der Waals surface area contributed by atoms with Crippen LogP contribution in [0.3, 0.4) is 0 Å². The number of methoxy groups -OCH3 is 2. The molecule has 1 heterocycles. The summed E-state index contributed by atoms with van der Waals surface area (Å²) in [5.74, 6) is 1.36. The fourth-order valence-electron chi connectivity index (χ4n) is 2.51. The van der Waals surface area contributed by atoms with Crippen LogP contribution >= 0.6 is 0 Å². The van der Waals surface area contributed by atoms with E-state index in [1.165, 1.54) is 6.21 Å². The molecule has 0 bridgehead atoms. The molecule has 0 saturated carbocycles. The molecule has 0 saturated heterocycles. The molecule has 8 heteroatoms. The molecular formula is C20H17N5O3. The third kappa shape index (κ3) is 4.16. The molecule has 8 nitrogen and oxygen atoms in total. The van der Waals surface area contributed by atoms with Crippen LogP contribution in [0, 0.1) is 11.3 Å². The van der Waals surface area contributed by atoms with Crippen LogP contribution in [0.2, 0.25) is 0 Å². The summed E-state index contributed by atoms with van der Waals surface area (Å²) in [6, 6.07) is 16.2. The van der Waals surface area contributed by atoms with E-state index in [0.717, 1.165) is 5.56 Å². The summed E-state index contributed by atoms with van der Waals surface area (Å²) in [6.45, 7) is 0. The highest BCUT2D eigenvalue weighted by Gasteiger charge is 2.12. The van der Waals surface area contributed by atoms with E-state index < -0.39 is 5.56 Å². The molecule has 3 aromatic rings. The molecule has 0 aliphatic heterocycles. The standard InChI is InChI=1S/C20H17N5O3/c1-27-15-8-13(9-16(10-15)28-2)12-22-25-20-23-18(14-6-4-3-5-7-14)17(11-21)19(26)24-20/h3-10,12H,1-2H3,(H2,23,24,25,26). The lowest BCUT2D eigenvalue weighted by molar-refractivity contribution is 0.394. The minimum Gasteiger partial charge on any atom is -0.497 e. The Hall–Kier alpha value is -4.12. The number of benzene rings is 2. The second kappa shape index (κ2) is 8.51. The monoisotopic (exact) mass is 375 g/mol. The number of nitriles is 1. The van der Waals surface area contributed by atoms with E-state index in [2.05, 4.69) is 20.5 Å². The van der Waals surface area contributed by atoms with Crippen LogP contribution in [0.4, 0.5) is 5.95 Å². The van der Waals surface area contributed by atoms with E-state index in [9.17, 15) is 10.1 Å². The van der Waals surface area contributed by atoms with Gasteiger partial charge in [0, 0.05) is 17.2 Å².